The molecule has 0 radical (unpaired) electrons. The van der Waals surface area contributed by atoms with E-state index in [-0.39, 0.29) is 18.7 Å². The van der Waals surface area contributed by atoms with Gasteiger partial charge in [0.05, 0.1) is 31.3 Å². The SMILES string of the molecule is C#CCN(C)CCCOc1ccc(Cl)cc1Cl.OC(Cn1cncn1)(Cn1cncn1)c1ccc(F)cc1F. The Morgan fingerprint density at radius 1 is 1.05 bits per heavy atom. The Labute approximate surface area is 235 Å². The van der Waals surface area contributed by atoms with Crippen molar-refractivity contribution in [2.45, 2.75) is 25.1 Å². The molecule has 0 aliphatic heterocycles. The largest absolute Gasteiger partial charge is 0.492 e. The summed E-state index contributed by atoms with van der Waals surface area (Å²) in [5.41, 5.74) is -1.75. The first-order chi connectivity index (χ1) is 18.7. The lowest BCUT2D eigenvalue weighted by Crippen LogP contribution is -2.37. The van der Waals surface area contributed by atoms with E-state index in [0.717, 1.165) is 25.1 Å². The van der Waals surface area contributed by atoms with Gasteiger partial charge in [-0.3, -0.25) is 4.90 Å². The van der Waals surface area contributed by atoms with E-state index in [1.54, 1.807) is 18.2 Å². The minimum absolute atomic E-state index is 0.0556. The molecule has 0 aliphatic carbocycles. The second kappa shape index (κ2) is 14.6. The summed E-state index contributed by atoms with van der Waals surface area (Å²) in [6.45, 7) is 2.01. The second-order valence-corrected chi connectivity index (χ2v) is 9.40. The fourth-order valence-corrected chi connectivity index (χ4v) is 4.06. The standard InChI is InChI=1S/C13H15Cl2NO.C13H12F2N6O/c1-3-7-16(2)8-4-9-17-13-6-5-11(14)10-12(13)15;14-10-1-2-11(12(15)3-10)13(22,4-20-8-16-6-18-20)5-21-9-17-7-19-21/h1,5-6,10H,4,7-9H2,2H3;1-3,6-9,22H,4-5H2. The number of aromatic nitrogens is 6. The lowest BCUT2D eigenvalue weighted by molar-refractivity contribution is -0.00856. The summed E-state index contributed by atoms with van der Waals surface area (Å²) in [7, 11) is 1.98. The summed E-state index contributed by atoms with van der Waals surface area (Å²) in [6.07, 6.45) is 11.5. The zero-order chi connectivity index (χ0) is 28.3. The molecule has 206 valence electrons. The van der Waals surface area contributed by atoms with E-state index < -0.39 is 17.2 Å². The Kier molecular flexibility index (Phi) is 11.2. The van der Waals surface area contributed by atoms with Crippen LogP contribution in [0.3, 0.4) is 0 Å². The van der Waals surface area contributed by atoms with E-state index in [9.17, 15) is 13.9 Å². The monoisotopic (exact) mass is 577 g/mol. The second-order valence-electron chi connectivity index (χ2n) is 8.56. The van der Waals surface area contributed by atoms with Crippen molar-refractivity contribution in [2.75, 3.05) is 26.7 Å². The van der Waals surface area contributed by atoms with Crippen molar-refractivity contribution >= 4 is 23.2 Å². The number of hydrogen-bond donors (Lipinski definition) is 1. The van der Waals surface area contributed by atoms with Crippen LogP contribution in [0.2, 0.25) is 10.0 Å². The minimum Gasteiger partial charge on any atom is -0.492 e. The number of hydrogen-bond acceptors (Lipinski definition) is 7. The molecule has 0 unspecified atom stereocenters. The fourth-order valence-electron chi connectivity index (χ4n) is 3.60. The van der Waals surface area contributed by atoms with E-state index in [4.69, 9.17) is 34.4 Å². The van der Waals surface area contributed by atoms with E-state index in [0.29, 0.717) is 28.9 Å². The van der Waals surface area contributed by atoms with Crippen LogP contribution in [-0.4, -0.2) is 66.3 Å². The Bertz CT molecular complexity index is 1310. The summed E-state index contributed by atoms with van der Waals surface area (Å²) < 4.78 is 35.5. The molecule has 0 saturated heterocycles. The van der Waals surface area contributed by atoms with Crippen LogP contribution in [0, 0.1) is 24.0 Å². The van der Waals surface area contributed by atoms with Gasteiger partial charge in [-0.25, -0.2) is 28.1 Å². The van der Waals surface area contributed by atoms with E-state index in [1.165, 1.54) is 40.7 Å². The van der Waals surface area contributed by atoms with Crippen molar-refractivity contribution in [3.63, 3.8) is 0 Å². The molecule has 13 heteroatoms. The molecule has 0 amide bonds. The quantitative estimate of drug-likeness (QED) is 0.212. The number of benzene rings is 2. The van der Waals surface area contributed by atoms with Gasteiger partial charge in [-0.1, -0.05) is 35.2 Å². The topological polar surface area (TPSA) is 94.1 Å². The van der Waals surface area contributed by atoms with Gasteiger partial charge in [0.2, 0.25) is 0 Å². The van der Waals surface area contributed by atoms with Crippen LogP contribution in [-0.2, 0) is 18.7 Å². The highest BCUT2D eigenvalue weighted by Crippen LogP contribution is 2.29. The normalized spacial score (nSPS) is 11.1. The van der Waals surface area contributed by atoms with Crippen molar-refractivity contribution in [3.8, 4) is 18.1 Å². The van der Waals surface area contributed by atoms with Crippen LogP contribution in [0.1, 0.15) is 12.0 Å². The third kappa shape index (κ3) is 9.30. The first-order valence-corrected chi connectivity index (χ1v) is 12.5. The van der Waals surface area contributed by atoms with Gasteiger partial charge in [-0.15, -0.1) is 6.42 Å². The number of aliphatic hydroxyl groups is 1. The highest BCUT2D eigenvalue weighted by atomic mass is 35.5. The zero-order valence-electron chi connectivity index (χ0n) is 21.1. The van der Waals surface area contributed by atoms with Crippen LogP contribution in [0.5, 0.6) is 5.75 Å². The molecule has 2 heterocycles. The van der Waals surface area contributed by atoms with E-state index in [2.05, 4.69) is 31.0 Å². The molecule has 0 atom stereocenters. The van der Waals surface area contributed by atoms with Crippen molar-refractivity contribution in [2.24, 2.45) is 0 Å². The molecule has 0 saturated carbocycles. The molecule has 1 N–H and O–H groups in total. The molecule has 9 nitrogen and oxygen atoms in total. The summed E-state index contributed by atoms with van der Waals surface area (Å²) in [5, 5.41) is 19.9. The average molecular weight is 578 g/mol. The number of halogens is 4. The van der Waals surface area contributed by atoms with E-state index >= 15 is 0 Å². The van der Waals surface area contributed by atoms with Crippen LogP contribution in [0.4, 0.5) is 8.78 Å². The molecule has 4 rings (SSSR count). The zero-order valence-corrected chi connectivity index (χ0v) is 22.6. The van der Waals surface area contributed by atoms with Crippen molar-refractivity contribution in [3.05, 3.63) is 89.0 Å². The van der Waals surface area contributed by atoms with Crippen LogP contribution in [0.25, 0.3) is 0 Å². The molecular formula is C26H27Cl2F2N7O2. The molecule has 2 aromatic heterocycles. The molecule has 0 spiro atoms. The lowest BCUT2D eigenvalue weighted by Gasteiger charge is -2.28. The van der Waals surface area contributed by atoms with Crippen molar-refractivity contribution in [1.82, 2.24) is 34.4 Å². The van der Waals surface area contributed by atoms with Crippen molar-refractivity contribution in [1.29, 1.82) is 0 Å². The third-order valence-electron chi connectivity index (χ3n) is 5.41. The average Bonchev–Trinajstić information content (AvgIpc) is 3.58. The fraction of sp³-hybridized carbons (Fsp3) is 0.308. The molecule has 2 aromatic carbocycles. The molecule has 0 fully saturated rings. The summed E-state index contributed by atoms with van der Waals surface area (Å²) >= 11 is 11.8. The summed E-state index contributed by atoms with van der Waals surface area (Å²) in [6, 6.07) is 8.22. The molecule has 39 heavy (non-hydrogen) atoms. The predicted molar refractivity (Wildman–Crippen MR) is 143 cm³/mol. The first kappa shape index (κ1) is 30.0. The van der Waals surface area contributed by atoms with Crippen LogP contribution >= 0.6 is 23.2 Å². The third-order valence-corrected chi connectivity index (χ3v) is 5.94. The first-order valence-electron chi connectivity index (χ1n) is 11.7. The highest BCUT2D eigenvalue weighted by Gasteiger charge is 2.34. The maximum atomic E-state index is 14.1. The Hall–Kier alpha value is -3.56. The number of rotatable bonds is 11. The van der Waals surface area contributed by atoms with Gasteiger partial charge in [0.15, 0.2) is 0 Å². The lowest BCUT2D eigenvalue weighted by atomic mass is 9.93. The summed E-state index contributed by atoms with van der Waals surface area (Å²) in [4.78, 5) is 9.63. The Morgan fingerprint density at radius 3 is 2.26 bits per heavy atom. The minimum atomic E-state index is -1.70. The molecule has 0 aliphatic rings. The Morgan fingerprint density at radius 2 is 1.72 bits per heavy atom. The molecule has 4 aromatic rings. The Balaban J connectivity index is 0.000000224. The van der Waals surface area contributed by atoms with Gasteiger partial charge in [-0.2, -0.15) is 10.2 Å². The maximum absolute atomic E-state index is 14.1. The van der Waals surface area contributed by atoms with Gasteiger partial charge in [0, 0.05) is 23.2 Å². The van der Waals surface area contributed by atoms with Gasteiger partial charge in [0.25, 0.3) is 0 Å². The number of nitrogens with zero attached hydrogens (tertiary/aromatic N) is 7. The van der Waals surface area contributed by atoms with E-state index in [1.807, 2.05) is 7.05 Å². The van der Waals surface area contributed by atoms with Gasteiger partial charge in [0.1, 0.15) is 48.3 Å². The highest BCUT2D eigenvalue weighted by molar-refractivity contribution is 6.35. The van der Waals surface area contributed by atoms with Crippen LogP contribution in [0.15, 0.2) is 61.7 Å². The maximum Gasteiger partial charge on any atom is 0.137 e. The smallest absolute Gasteiger partial charge is 0.137 e. The van der Waals surface area contributed by atoms with Crippen molar-refractivity contribution < 1.29 is 18.6 Å². The van der Waals surface area contributed by atoms with Gasteiger partial charge >= 0.3 is 0 Å². The van der Waals surface area contributed by atoms with Gasteiger partial charge in [-0.05, 0) is 37.7 Å². The summed E-state index contributed by atoms with van der Waals surface area (Å²) in [5.74, 6) is 1.69. The van der Waals surface area contributed by atoms with Gasteiger partial charge < -0.3 is 9.84 Å². The number of ether oxygens (including phenoxy) is 1. The van der Waals surface area contributed by atoms with Crippen LogP contribution < -0.4 is 4.74 Å². The number of terminal acetylenes is 1. The predicted octanol–water partition coefficient (Wildman–Crippen LogP) is 4.06. The molecule has 0 bridgehead atoms. The molecular weight excluding hydrogens is 551 g/mol.